The van der Waals surface area contributed by atoms with Gasteiger partial charge in [0.25, 0.3) is 0 Å². The van der Waals surface area contributed by atoms with Crippen molar-refractivity contribution in [3.63, 3.8) is 0 Å². The highest BCUT2D eigenvalue weighted by Crippen LogP contribution is 2.34. The SMILES string of the molecule is NC[C@H]1CCC[C@H]1C(=O)N1CCCC1Cc1ccccc1. The second kappa shape index (κ2) is 6.61. The van der Waals surface area contributed by atoms with E-state index in [1.165, 1.54) is 5.56 Å². The van der Waals surface area contributed by atoms with Crippen molar-refractivity contribution in [1.29, 1.82) is 0 Å². The van der Waals surface area contributed by atoms with Gasteiger partial charge in [0.1, 0.15) is 0 Å². The topological polar surface area (TPSA) is 46.3 Å². The van der Waals surface area contributed by atoms with Gasteiger partial charge in [-0.1, -0.05) is 36.8 Å². The van der Waals surface area contributed by atoms with E-state index in [1.807, 2.05) is 6.07 Å². The van der Waals surface area contributed by atoms with Crippen LogP contribution < -0.4 is 5.73 Å². The number of amides is 1. The lowest BCUT2D eigenvalue weighted by atomic mass is 9.94. The third-order valence-corrected chi connectivity index (χ3v) is 5.25. The maximum atomic E-state index is 12.9. The zero-order chi connectivity index (χ0) is 14.7. The van der Waals surface area contributed by atoms with Gasteiger partial charge in [0.2, 0.25) is 5.91 Å². The lowest BCUT2D eigenvalue weighted by Crippen LogP contribution is -2.42. The first kappa shape index (κ1) is 14.6. The number of nitrogens with two attached hydrogens (primary N) is 1. The molecule has 0 aromatic heterocycles. The fourth-order valence-corrected chi connectivity index (χ4v) is 4.08. The molecule has 3 nitrogen and oxygen atoms in total. The van der Waals surface area contributed by atoms with Gasteiger partial charge in [-0.25, -0.2) is 0 Å². The summed E-state index contributed by atoms with van der Waals surface area (Å²) in [5, 5.41) is 0. The van der Waals surface area contributed by atoms with Crippen molar-refractivity contribution in [2.75, 3.05) is 13.1 Å². The Labute approximate surface area is 127 Å². The molecule has 1 unspecified atom stereocenters. The monoisotopic (exact) mass is 286 g/mol. The average Bonchev–Trinajstić information content (AvgIpc) is 3.16. The van der Waals surface area contributed by atoms with Gasteiger partial charge in [0.15, 0.2) is 0 Å². The molecule has 21 heavy (non-hydrogen) atoms. The van der Waals surface area contributed by atoms with Gasteiger partial charge in [0, 0.05) is 18.5 Å². The van der Waals surface area contributed by atoms with Crippen molar-refractivity contribution in [2.45, 2.75) is 44.6 Å². The maximum absolute atomic E-state index is 12.9. The van der Waals surface area contributed by atoms with E-state index in [1.54, 1.807) is 0 Å². The smallest absolute Gasteiger partial charge is 0.226 e. The number of benzene rings is 1. The molecule has 3 heteroatoms. The molecular formula is C18H26N2O. The molecule has 1 aliphatic heterocycles. The van der Waals surface area contributed by atoms with E-state index in [0.29, 0.717) is 24.4 Å². The Kier molecular flexibility index (Phi) is 4.59. The summed E-state index contributed by atoms with van der Waals surface area (Å²) < 4.78 is 0. The van der Waals surface area contributed by atoms with Gasteiger partial charge in [-0.3, -0.25) is 4.79 Å². The third kappa shape index (κ3) is 3.13. The molecule has 1 saturated heterocycles. The molecule has 3 rings (SSSR count). The van der Waals surface area contributed by atoms with Crippen molar-refractivity contribution in [1.82, 2.24) is 4.90 Å². The maximum Gasteiger partial charge on any atom is 0.226 e. The van der Waals surface area contributed by atoms with Crippen LogP contribution in [-0.2, 0) is 11.2 Å². The van der Waals surface area contributed by atoms with E-state index in [2.05, 4.69) is 29.2 Å². The van der Waals surface area contributed by atoms with E-state index >= 15 is 0 Å². The summed E-state index contributed by atoms with van der Waals surface area (Å²) >= 11 is 0. The summed E-state index contributed by atoms with van der Waals surface area (Å²) in [6, 6.07) is 10.9. The number of rotatable bonds is 4. The van der Waals surface area contributed by atoms with Gasteiger partial charge >= 0.3 is 0 Å². The summed E-state index contributed by atoms with van der Waals surface area (Å²) in [5.41, 5.74) is 7.19. The third-order valence-electron chi connectivity index (χ3n) is 5.25. The fraction of sp³-hybridized carbons (Fsp3) is 0.611. The van der Waals surface area contributed by atoms with Crippen molar-refractivity contribution in [2.24, 2.45) is 17.6 Å². The number of carbonyl (C=O) groups excluding carboxylic acids is 1. The van der Waals surface area contributed by atoms with Gasteiger partial charge in [-0.2, -0.15) is 0 Å². The van der Waals surface area contributed by atoms with Crippen LogP contribution in [-0.4, -0.2) is 29.9 Å². The van der Waals surface area contributed by atoms with Crippen molar-refractivity contribution in [3.05, 3.63) is 35.9 Å². The Morgan fingerprint density at radius 2 is 1.95 bits per heavy atom. The highest BCUT2D eigenvalue weighted by molar-refractivity contribution is 5.80. The number of likely N-dealkylation sites (tertiary alicyclic amines) is 1. The van der Waals surface area contributed by atoms with Gasteiger partial charge in [-0.05, 0) is 50.1 Å². The van der Waals surface area contributed by atoms with Crippen molar-refractivity contribution < 1.29 is 4.79 Å². The largest absolute Gasteiger partial charge is 0.339 e. The molecule has 3 atom stereocenters. The summed E-state index contributed by atoms with van der Waals surface area (Å²) in [6.07, 6.45) is 6.60. The van der Waals surface area contributed by atoms with Gasteiger partial charge in [0.05, 0.1) is 0 Å². The molecule has 1 aromatic rings. The first-order valence-electron chi connectivity index (χ1n) is 8.34. The molecule has 2 N–H and O–H groups in total. The molecule has 2 aliphatic rings. The van der Waals surface area contributed by atoms with E-state index in [9.17, 15) is 4.79 Å². The van der Waals surface area contributed by atoms with Crippen LogP contribution in [0.3, 0.4) is 0 Å². The minimum atomic E-state index is 0.186. The van der Waals surface area contributed by atoms with Crippen LogP contribution in [0.2, 0.25) is 0 Å². The second-order valence-electron chi connectivity index (χ2n) is 6.55. The van der Waals surface area contributed by atoms with Crippen LogP contribution in [0.15, 0.2) is 30.3 Å². The minimum Gasteiger partial charge on any atom is -0.339 e. The Hall–Kier alpha value is -1.35. The molecule has 2 fully saturated rings. The summed E-state index contributed by atoms with van der Waals surface area (Å²) in [4.78, 5) is 15.0. The molecule has 1 saturated carbocycles. The normalized spacial score (nSPS) is 29.0. The first-order chi connectivity index (χ1) is 10.3. The molecule has 1 aromatic carbocycles. The predicted octanol–water partition coefficient (Wildman–Crippen LogP) is 2.60. The summed E-state index contributed by atoms with van der Waals surface area (Å²) in [7, 11) is 0. The Morgan fingerprint density at radius 1 is 1.14 bits per heavy atom. The van der Waals surface area contributed by atoms with Crippen LogP contribution in [0.1, 0.15) is 37.7 Å². The van der Waals surface area contributed by atoms with Crippen molar-refractivity contribution >= 4 is 5.91 Å². The van der Waals surface area contributed by atoms with E-state index < -0.39 is 0 Å². The highest BCUT2D eigenvalue weighted by Gasteiger charge is 2.38. The van der Waals surface area contributed by atoms with Crippen LogP contribution in [0, 0.1) is 11.8 Å². The van der Waals surface area contributed by atoms with E-state index in [-0.39, 0.29) is 5.92 Å². The number of carbonyl (C=O) groups is 1. The zero-order valence-corrected chi connectivity index (χ0v) is 12.7. The van der Waals surface area contributed by atoms with Gasteiger partial charge < -0.3 is 10.6 Å². The Balaban J connectivity index is 1.67. The highest BCUT2D eigenvalue weighted by atomic mass is 16.2. The summed E-state index contributed by atoms with van der Waals surface area (Å²) in [6.45, 7) is 1.59. The molecule has 1 heterocycles. The molecular weight excluding hydrogens is 260 g/mol. The first-order valence-corrected chi connectivity index (χ1v) is 8.34. The molecule has 114 valence electrons. The Morgan fingerprint density at radius 3 is 2.71 bits per heavy atom. The molecule has 0 bridgehead atoms. The molecule has 0 spiro atoms. The minimum absolute atomic E-state index is 0.186. The summed E-state index contributed by atoms with van der Waals surface area (Å²) in [5.74, 6) is 0.975. The number of hydrogen-bond donors (Lipinski definition) is 1. The van der Waals surface area contributed by atoms with Crippen LogP contribution >= 0.6 is 0 Å². The predicted molar refractivity (Wildman–Crippen MR) is 84.8 cm³/mol. The van der Waals surface area contributed by atoms with Crippen LogP contribution in [0.25, 0.3) is 0 Å². The molecule has 1 amide bonds. The zero-order valence-electron chi connectivity index (χ0n) is 12.7. The standard InChI is InChI=1S/C18H26N2O/c19-13-15-8-4-10-17(15)18(21)20-11-5-9-16(20)12-14-6-2-1-3-7-14/h1-3,6-7,15-17H,4-5,8-13,19H2/t15-,16?,17-/m1/s1. The number of nitrogens with zero attached hydrogens (tertiary/aromatic N) is 1. The van der Waals surface area contributed by atoms with Crippen LogP contribution in [0.5, 0.6) is 0 Å². The average molecular weight is 286 g/mol. The second-order valence-corrected chi connectivity index (χ2v) is 6.55. The van der Waals surface area contributed by atoms with E-state index in [4.69, 9.17) is 5.73 Å². The lowest BCUT2D eigenvalue weighted by molar-refractivity contribution is -0.137. The quantitative estimate of drug-likeness (QED) is 0.924. The Bertz CT molecular complexity index is 473. The van der Waals surface area contributed by atoms with Gasteiger partial charge in [-0.15, -0.1) is 0 Å². The molecule has 0 radical (unpaired) electrons. The van der Waals surface area contributed by atoms with E-state index in [0.717, 1.165) is 45.1 Å². The fourth-order valence-electron chi connectivity index (χ4n) is 4.08. The van der Waals surface area contributed by atoms with Crippen LogP contribution in [0.4, 0.5) is 0 Å². The molecule has 1 aliphatic carbocycles. The van der Waals surface area contributed by atoms with Crippen molar-refractivity contribution in [3.8, 4) is 0 Å². The number of hydrogen-bond acceptors (Lipinski definition) is 2. The lowest BCUT2D eigenvalue weighted by Gasteiger charge is -2.29.